The Morgan fingerprint density at radius 3 is 2.67 bits per heavy atom. The number of nitrogens with zero attached hydrogens (tertiary/aromatic N) is 8. The van der Waals surface area contributed by atoms with E-state index in [9.17, 15) is 5.11 Å². The molecule has 0 radical (unpaired) electrons. The van der Waals surface area contributed by atoms with Crippen molar-refractivity contribution in [3.8, 4) is 11.5 Å². The number of nitrogens with one attached hydrogen (secondary N) is 2. The predicted octanol–water partition coefficient (Wildman–Crippen LogP) is -0.891. The molecule has 0 aliphatic rings. The zero-order chi connectivity index (χ0) is 14.2. The number of tetrazole rings is 2. The molecule has 0 aliphatic carbocycles. The van der Waals surface area contributed by atoms with Crippen LogP contribution in [0.15, 0.2) is 24.5 Å². The summed E-state index contributed by atoms with van der Waals surface area (Å²) in [4.78, 5) is 4.38. The van der Waals surface area contributed by atoms with Gasteiger partial charge in [-0.1, -0.05) is 6.07 Å². The smallest absolute Gasteiger partial charge is 0.199 e. The van der Waals surface area contributed by atoms with E-state index in [0.717, 1.165) is 0 Å². The summed E-state index contributed by atoms with van der Waals surface area (Å²) in [5, 5.41) is 36.8. The zero-order valence-electron chi connectivity index (χ0n) is 10.4. The molecule has 0 amide bonds. The van der Waals surface area contributed by atoms with Crippen LogP contribution in [0.5, 0.6) is 0 Å². The van der Waals surface area contributed by atoms with Crippen molar-refractivity contribution < 1.29 is 5.11 Å². The van der Waals surface area contributed by atoms with E-state index in [4.69, 9.17) is 0 Å². The minimum Gasteiger partial charge on any atom is -0.380 e. The number of imidazole rings is 1. The minimum absolute atomic E-state index is 0.272. The molecule has 4 aromatic rings. The van der Waals surface area contributed by atoms with Crippen molar-refractivity contribution >= 4 is 5.65 Å². The molecule has 1 unspecified atom stereocenters. The highest BCUT2D eigenvalue weighted by atomic mass is 16.3. The third-order valence-electron chi connectivity index (χ3n) is 3.00. The van der Waals surface area contributed by atoms with Crippen LogP contribution >= 0.6 is 0 Å². The van der Waals surface area contributed by atoms with Gasteiger partial charge in [0.25, 0.3) is 0 Å². The third-order valence-corrected chi connectivity index (χ3v) is 3.00. The number of aliphatic hydroxyl groups excluding tert-OH is 1. The van der Waals surface area contributed by atoms with Gasteiger partial charge in [0.15, 0.2) is 11.6 Å². The Morgan fingerprint density at radius 2 is 1.90 bits per heavy atom. The van der Waals surface area contributed by atoms with Gasteiger partial charge in [0.05, 0.1) is 0 Å². The van der Waals surface area contributed by atoms with Gasteiger partial charge in [0, 0.05) is 18.0 Å². The summed E-state index contributed by atoms with van der Waals surface area (Å²) in [6.07, 6.45) is 2.55. The Bertz CT molecular complexity index is 865. The maximum Gasteiger partial charge on any atom is 0.199 e. The number of hydrogen-bond acceptors (Lipinski definition) is 8. The second-order valence-electron chi connectivity index (χ2n) is 4.29. The fourth-order valence-electron chi connectivity index (χ4n) is 1.99. The van der Waals surface area contributed by atoms with E-state index >= 15 is 0 Å². The van der Waals surface area contributed by atoms with E-state index in [1.165, 1.54) is 0 Å². The molecule has 0 saturated carbocycles. The molecule has 0 bridgehead atoms. The van der Waals surface area contributed by atoms with Crippen LogP contribution < -0.4 is 0 Å². The van der Waals surface area contributed by atoms with E-state index in [1.807, 2.05) is 0 Å². The number of pyridine rings is 1. The molecule has 0 aliphatic heterocycles. The van der Waals surface area contributed by atoms with E-state index in [0.29, 0.717) is 22.7 Å². The number of aromatic amines is 2. The maximum atomic E-state index is 10.2. The number of H-pyrrole nitrogens is 2. The van der Waals surface area contributed by atoms with Gasteiger partial charge >= 0.3 is 0 Å². The summed E-state index contributed by atoms with van der Waals surface area (Å²) in [7, 11) is 0. The van der Waals surface area contributed by atoms with Crippen LogP contribution in [0.2, 0.25) is 0 Å². The summed E-state index contributed by atoms with van der Waals surface area (Å²) < 4.78 is 1.76. The number of aromatic nitrogens is 10. The van der Waals surface area contributed by atoms with Gasteiger partial charge in [-0.05, 0) is 26.9 Å². The highest BCUT2D eigenvalue weighted by molar-refractivity contribution is 5.55. The molecule has 1 atom stereocenters. The zero-order valence-corrected chi connectivity index (χ0v) is 10.4. The number of aliphatic hydroxyl groups is 1. The first-order valence-electron chi connectivity index (χ1n) is 5.96. The number of rotatable bonds is 3. The molecule has 0 spiro atoms. The Kier molecular flexibility index (Phi) is 2.44. The van der Waals surface area contributed by atoms with E-state index in [1.54, 1.807) is 28.9 Å². The second-order valence-corrected chi connectivity index (χ2v) is 4.29. The van der Waals surface area contributed by atoms with Crippen molar-refractivity contribution in [2.45, 2.75) is 6.10 Å². The standard InChI is InChI=1S/C10H8N10O/c21-8(10-14-18-19-15-10)5-1-2-7-11-6(4-20(7)3-5)9-12-16-17-13-9/h1-4,8,21H,(H,12,13,16,17)(H,14,15,18,19). The van der Waals surface area contributed by atoms with Crippen molar-refractivity contribution in [3.05, 3.63) is 35.9 Å². The van der Waals surface area contributed by atoms with Crippen LogP contribution in [0.4, 0.5) is 0 Å². The van der Waals surface area contributed by atoms with Crippen LogP contribution in [0.25, 0.3) is 17.2 Å². The van der Waals surface area contributed by atoms with Gasteiger partial charge in [0.1, 0.15) is 17.4 Å². The first kappa shape index (κ1) is 11.6. The van der Waals surface area contributed by atoms with Gasteiger partial charge in [-0.3, -0.25) is 0 Å². The largest absolute Gasteiger partial charge is 0.380 e. The molecular weight excluding hydrogens is 276 g/mol. The molecule has 21 heavy (non-hydrogen) atoms. The van der Waals surface area contributed by atoms with Gasteiger partial charge in [0.2, 0.25) is 0 Å². The van der Waals surface area contributed by atoms with Crippen molar-refractivity contribution in [2.75, 3.05) is 0 Å². The summed E-state index contributed by atoms with van der Waals surface area (Å²) in [6, 6.07) is 3.52. The molecule has 4 heterocycles. The lowest BCUT2D eigenvalue weighted by Gasteiger charge is -2.06. The van der Waals surface area contributed by atoms with Gasteiger partial charge in [-0.15, -0.1) is 10.2 Å². The average molecular weight is 284 g/mol. The molecule has 4 rings (SSSR count). The fraction of sp³-hybridized carbons (Fsp3) is 0.100. The molecule has 3 N–H and O–H groups in total. The molecule has 11 nitrogen and oxygen atoms in total. The SMILES string of the molecule is OC(c1ccc2nc(-c3nnn[nH]3)cn2c1)c1nnn[nH]1. The normalized spacial score (nSPS) is 12.8. The lowest BCUT2D eigenvalue weighted by molar-refractivity contribution is 0.209. The molecule has 0 aromatic carbocycles. The Hall–Kier alpha value is -3.21. The van der Waals surface area contributed by atoms with Gasteiger partial charge in [-0.25, -0.2) is 15.2 Å². The van der Waals surface area contributed by atoms with Gasteiger partial charge < -0.3 is 9.51 Å². The maximum absolute atomic E-state index is 10.2. The number of fused-ring (bicyclic) bond motifs is 1. The summed E-state index contributed by atoms with van der Waals surface area (Å²) in [5.74, 6) is 0.745. The van der Waals surface area contributed by atoms with Crippen molar-refractivity contribution in [2.24, 2.45) is 0 Å². The molecule has 0 saturated heterocycles. The number of hydrogen-bond donors (Lipinski definition) is 3. The highest BCUT2D eigenvalue weighted by Gasteiger charge is 2.16. The summed E-state index contributed by atoms with van der Waals surface area (Å²) in [6.45, 7) is 0. The summed E-state index contributed by atoms with van der Waals surface area (Å²) >= 11 is 0. The predicted molar refractivity (Wildman–Crippen MR) is 66.6 cm³/mol. The molecule has 11 heteroatoms. The lowest BCUT2D eigenvalue weighted by atomic mass is 10.1. The Balaban J connectivity index is 1.76. The van der Waals surface area contributed by atoms with Crippen molar-refractivity contribution in [1.82, 2.24) is 50.6 Å². The van der Waals surface area contributed by atoms with Crippen LogP contribution in [-0.2, 0) is 0 Å². The van der Waals surface area contributed by atoms with Gasteiger partial charge in [-0.2, -0.15) is 0 Å². The fourth-order valence-corrected chi connectivity index (χ4v) is 1.99. The summed E-state index contributed by atoms with van der Waals surface area (Å²) in [5.41, 5.74) is 1.93. The van der Waals surface area contributed by atoms with Crippen molar-refractivity contribution in [3.63, 3.8) is 0 Å². The highest BCUT2D eigenvalue weighted by Crippen LogP contribution is 2.20. The quantitative estimate of drug-likeness (QED) is 0.439. The second kappa shape index (κ2) is 4.42. The van der Waals surface area contributed by atoms with Crippen LogP contribution in [-0.4, -0.2) is 55.7 Å². The first-order chi connectivity index (χ1) is 10.3. The Morgan fingerprint density at radius 1 is 1.05 bits per heavy atom. The molecule has 0 fully saturated rings. The van der Waals surface area contributed by atoms with Crippen LogP contribution in [0.3, 0.4) is 0 Å². The van der Waals surface area contributed by atoms with Crippen LogP contribution in [0.1, 0.15) is 17.5 Å². The lowest BCUT2D eigenvalue weighted by Crippen LogP contribution is -2.03. The Labute approximate surface area is 116 Å². The molecule has 4 aromatic heterocycles. The molecule has 104 valence electrons. The van der Waals surface area contributed by atoms with E-state index in [-0.39, 0.29) is 5.82 Å². The molecular formula is C10H8N10O. The average Bonchev–Trinajstić information content (AvgIpc) is 3.24. The minimum atomic E-state index is -0.942. The topological polar surface area (TPSA) is 146 Å². The first-order valence-corrected chi connectivity index (χ1v) is 5.96. The monoisotopic (exact) mass is 284 g/mol. The van der Waals surface area contributed by atoms with Crippen LogP contribution in [0, 0.1) is 0 Å². The van der Waals surface area contributed by atoms with Crippen molar-refractivity contribution in [1.29, 1.82) is 0 Å². The van der Waals surface area contributed by atoms with E-state index in [2.05, 4.69) is 46.2 Å². The third kappa shape index (κ3) is 1.92. The van der Waals surface area contributed by atoms with E-state index < -0.39 is 6.10 Å².